The zero-order valence-electron chi connectivity index (χ0n) is 13.5. The second-order valence-electron chi connectivity index (χ2n) is 5.88. The normalized spacial score (nSPS) is 15.4. The first-order valence-corrected chi connectivity index (χ1v) is 9.08. The van der Waals surface area contributed by atoms with E-state index in [4.69, 9.17) is 0 Å². The quantitative estimate of drug-likeness (QED) is 0.603. The lowest BCUT2D eigenvalue weighted by molar-refractivity contribution is -0.119. The highest BCUT2D eigenvalue weighted by atomic mass is 32.2. The molecule has 122 valence electrons. The molecule has 1 aromatic heterocycles. The molecular formula is C17H22N4OS. The SMILES string of the molecule is CCNc1nc(SCC(=O)NC(C)C2CC2)nc2ccccc12. The van der Waals surface area contributed by atoms with Crippen molar-refractivity contribution in [3.63, 3.8) is 0 Å². The third-order valence-electron chi connectivity index (χ3n) is 3.98. The summed E-state index contributed by atoms with van der Waals surface area (Å²) in [7, 11) is 0. The molecule has 2 aromatic rings. The van der Waals surface area contributed by atoms with Crippen LogP contribution in [0.15, 0.2) is 29.4 Å². The fourth-order valence-electron chi connectivity index (χ4n) is 2.56. The van der Waals surface area contributed by atoms with E-state index in [1.807, 2.05) is 31.2 Å². The van der Waals surface area contributed by atoms with Gasteiger partial charge < -0.3 is 10.6 Å². The summed E-state index contributed by atoms with van der Waals surface area (Å²) >= 11 is 1.38. The standard InChI is InChI=1S/C17H22N4OS/c1-3-18-16-13-6-4-5-7-14(13)20-17(21-16)23-10-15(22)19-11(2)12-8-9-12/h4-7,11-12H,3,8-10H2,1-2H3,(H,19,22)(H,18,20,21). The highest BCUT2D eigenvalue weighted by Crippen LogP contribution is 2.32. The van der Waals surface area contributed by atoms with Crippen LogP contribution in [0, 0.1) is 5.92 Å². The van der Waals surface area contributed by atoms with Crippen LogP contribution in [0.4, 0.5) is 5.82 Å². The van der Waals surface area contributed by atoms with Gasteiger partial charge in [0.2, 0.25) is 5.91 Å². The number of rotatable bonds is 7. The van der Waals surface area contributed by atoms with Gasteiger partial charge in [-0.2, -0.15) is 0 Å². The van der Waals surface area contributed by atoms with E-state index in [2.05, 4.69) is 27.5 Å². The van der Waals surface area contributed by atoms with Crippen molar-refractivity contribution in [1.82, 2.24) is 15.3 Å². The highest BCUT2D eigenvalue weighted by Gasteiger charge is 2.28. The molecule has 0 spiro atoms. The van der Waals surface area contributed by atoms with E-state index in [1.165, 1.54) is 24.6 Å². The summed E-state index contributed by atoms with van der Waals surface area (Å²) in [6.07, 6.45) is 2.46. The van der Waals surface area contributed by atoms with E-state index in [-0.39, 0.29) is 11.9 Å². The Labute approximate surface area is 140 Å². The summed E-state index contributed by atoms with van der Waals surface area (Å²) in [5.41, 5.74) is 0.896. The van der Waals surface area contributed by atoms with Gasteiger partial charge in [-0.3, -0.25) is 4.79 Å². The monoisotopic (exact) mass is 330 g/mol. The predicted molar refractivity (Wildman–Crippen MR) is 94.8 cm³/mol. The lowest BCUT2D eigenvalue weighted by atomic mass is 10.2. The zero-order chi connectivity index (χ0) is 16.2. The summed E-state index contributed by atoms with van der Waals surface area (Å²) in [4.78, 5) is 21.1. The summed E-state index contributed by atoms with van der Waals surface area (Å²) in [5, 5.41) is 7.97. The fraction of sp³-hybridized carbons (Fsp3) is 0.471. The van der Waals surface area contributed by atoms with Gasteiger partial charge in [-0.1, -0.05) is 23.9 Å². The topological polar surface area (TPSA) is 66.9 Å². The number of para-hydroxylation sites is 1. The predicted octanol–water partition coefficient (Wildman–Crippen LogP) is 3.07. The Morgan fingerprint density at radius 2 is 2.13 bits per heavy atom. The van der Waals surface area contributed by atoms with Crippen molar-refractivity contribution < 1.29 is 4.79 Å². The lowest BCUT2D eigenvalue weighted by Crippen LogP contribution is -2.35. The molecule has 5 nitrogen and oxygen atoms in total. The second-order valence-corrected chi connectivity index (χ2v) is 6.83. The van der Waals surface area contributed by atoms with E-state index in [1.54, 1.807) is 0 Å². The minimum Gasteiger partial charge on any atom is -0.370 e. The van der Waals surface area contributed by atoms with Crippen molar-refractivity contribution in [2.75, 3.05) is 17.6 Å². The molecule has 1 amide bonds. The van der Waals surface area contributed by atoms with Gasteiger partial charge in [0.15, 0.2) is 5.16 Å². The largest absolute Gasteiger partial charge is 0.370 e. The molecule has 1 aromatic carbocycles. The van der Waals surface area contributed by atoms with Crippen LogP contribution in [-0.4, -0.2) is 34.2 Å². The average Bonchev–Trinajstić information content (AvgIpc) is 3.38. The first kappa shape index (κ1) is 16.1. The van der Waals surface area contributed by atoms with Crippen LogP contribution in [-0.2, 0) is 4.79 Å². The molecule has 23 heavy (non-hydrogen) atoms. The van der Waals surface area contributed by atoms with E-state index in [0.29, 0.717) is 16.8 Å². The van der Waals surface area contributed by atoms with Gasteiger partial charge in [-0.25, -0.2) is 9.97 Å². The van der Waals surface area contributed by atoms with Crippen LogP contribution < -0.4 is 10.6 Å². The molecule has 2 N–H and O–H groups in total. The Balaban J connectivity index is 1.68. The van der Waals surface area contributed by atoms with Crippen molar-refractivity contribution in [1.29, 1.82) is 0 Å². The molecule has 0 saturated heterocycles. The van der Waals surface area contributed by atoms with Gasteiger partial charge in [0, 0.05) is 18.0 Å². The number of nitrogens with zero attached hydrogens (tertiary/aromatic N) is 2. The zero-order valence-corrected chi connectivity index (χ0v) is 14.3. The van der Waals surface area contributed by atoms with E-state index >= 15 is 0 Å². The molecule has 1 aliphatic carbocycles. The second kappa shape index (κ2) is 7.17. The van der Waals surface area contributed by atoms with Crippen molar-refractivity contribution in [3.05, 3.63) is 24.3 Å². The number of aromatic nitrogens is 2. The van der Waals surface area contributed by atoms with Crippen LogP contribution in [0.5, 0.6) is 0 Å². The van der Waals surface area contributed by atoms with Crippen molar-refractivity contribution in [3.8, 4) is 0 Å². The molecule has 1 fully saturated rings. The highest BCUT2D eigenvalue weighted by molar-refractivity contribution is 7.99. The third kappa shape index (κ3) is 4.13. The van der Waals surface area contributed by atoms with E-state index in [9.17, 15) is 4.79 Å². The first-order chi connectivity index (χ1) is 11.2. The van der Waals surface area contributed by atoms with Gasteiger partial charge in [0.05, 0.1) is 11.3 Å². The maximum Gasteiger partial charge on any atom is 0.230 e. The van der Waals surface area contributed by atoms with Gasteiger partial charge in [-0.05, 0) is 44.7 Å². The first-order valence-electron chi connectivity index (χ1n) is 8.10. The van der Waals surface area contributed by atoms with Crippen molar-refractivity contribution in [2.24, 2.45) is 5.92 Å². The Kier molecular flexibility index (Phi) is 5.00. The molecule has 0 radical (unpaired) electrons. The number of benzene rings is 1. The summed E-state index contributed by atoms with van der Waals surface area (Å²) in [6, 6.07) is 8.19. The summed E-state index contributed by atoms with van der Waals surface area (Å²) in [6.45, 7) is 4.91. The van der Waals surface area contributed by atoms with Crippen LogP contribution >= 0.6 is 11.8 Å². The Bertz CT molecular complexity index is 702. The maximum atomic E-state index is 12.0. The number of hydrogen-bond acceptors (Lipinski definition) is 5. The molecule has 3 rings (SSSR count). The summed E-state index contributed by atoms with van der Waals surface area (Å²) in [5.74, 6) is 1.89. The van der Waals surface area contributed by atoms with Crippen LogP contribution in [0.3, 0.4) is 0 Å². The third-order valence-corrected chi connectivity index (χ3v) is 4.82. The molecular weight excluding hydrogens is 308 g/mol. The molecule has 1 unspecified atom stereocenters. The smallest absolute Gasteiger partial charge is 0.230 e. The minimum atomic E-state index is 0.0520. The van der Waals surface area contributed by atoms with Gasteiger partial charge in [0.25, 0.3) is 0 Å². The number of fused-ring (bicyclic) bond motifs is 1. The fourth-order valence-corrected chi connectivity index (χ4v) is 3.22. The average molecular weight is 330 g/mol. The number of thioether (sulfide) groups is 1. The molecule has 1 aliphatic rings. The Morgan fingerprint density at radius 3 is 2.87 bits per heavy atom. The molecule has 6 heteroatoms. The number of hydrogen-bond donors (Lipinski definition) is 2. The van der Waals surface area contributed by atoms with Gasteiger partial charge in [0.1, 0.15) is 5.82 Å². The van der Waals surface area contributed by atoms with E-state index in [0.717, 1.165) is 23.3 Å². The Hall–Kier alpha value is -1.82. The van der Waals surface area contributed by atoms with Crippen LogP contribution in [0.2, 0.25) is 0 Å². The van der Waals surface area contributed by atoms with Crippen LogP contribution in [0.1, 0.15) is 26.7 Å². The Morgan fingerprint density at radius 1 is 1.35 bits per heavy atom. The number of anilines is 1. The van der Waals surface area contributed by atoms with Crippen LogP contribution in [0.25, 0.3) is 10.9 Å². The number of carbonyl (C=O) groups is 1. The lowest BCUT2D eigenvalue weighted by Gasteiger charge is -2.12. The minimum absolute atomic E-state index is 0.0520. The van der Waals surface area contributed by atoms with Crippen molar-refractivity contribution in [2.45, 2.75) is 37.9 Å². The molecule has 0 aliphatic heterocycles. The van der Waals surface area contributed by atoms with E-state index < -0.39 is 0 Å². The number of carbonyl (C=O) groups excluding carboxylic acids is 1. The summed E-state index contributed by atoms with van der Waals surface area (Å²) < 4.78 is 0. The van der Waals surface area contributed by atoms with Gasteiger partial charge >= 0.3 is 0 Å². The molecule has 1 saturated carbocycles. The molecule has 0 bridgehead atoms. The maximum absolute atomic E-state index is 12.0. The van der Waals surface area contributed by atoms with Crippen molar-refractivity contribution >= 4 is 34.4 Å². The molecule has 1 atom stereocenters. The molecule has 1 heterocycles. The number of nitrogens with one attached hydrogen (secondary N) is 2. The van der Waals surface area contributed by atoms with Gasteiger partial charge in [-0.15, -0.1) is 0 Å². The number of amides is 1.